The van der Waals surface area contributed by atoms with E-state index in [2.05, 4.69) is 10.2 Å². The Bertz CT molecular complexity index is 923. The fourth-order valence-corrected chi connectivity index (χ4v) is 2.92. The van der Waals surface area contributed by atoms with E-state index in [-0.39, 0.29) is 11.7 Å². The van der Waals surface area contributed by atoms with Crippen LogP contribution in [0, 0.1) is 13.8 Å². The van der Waals surface area contributed by atoms with Crippen LogP contribution >= 0.6 is 11.8 Å². The topological polar surface area (TPSA) is 74.5 Å². The van der Waals surface area contributed by atoms with Crippen LogP contribution in [-0.4, -0.2) is 29.0 Å². The van der Waals surface area contributed by atoms with E-state index in [1.165, 1.54) is 0 Å². The molecular formula is C19H18N2O4S. The first kappa shape index (κ1) is 18.0. The van der Waals surface area contributed by atoms with Gasteiger partial charge in [0.15, 0.2) is 0 Å². The molecular weight excluding hydrogens is 352 g/mol. The van der Waals surface area contributed by atoms with Gasteiger partial charge in [-0.2, -0.15) is 0 Å². The number of aryl methyl sites for hydroxylation is 2. The van der Waals surface area contributed by atoms with E-state index >= 15 is 0 Å². The van der Waals surface area contributed by atoms with Crippen molar-refractivity contribution in [3.8, 4) is 23.0 Å². The smallest absolute Gasteiger partial charge is 0.321 e. The Morgan fingerprint density at radius 3 is 2.69 bits per heavy atom. The summed E-state index contributed by atoms with van der Waals surface area (Å²) in [6.07, 6.45) is 0. The van der Waals surface area contributed by atoms with Crippen LogP contribution in [0.5, 0.6) is 11.5 Å². The fourth-order valence-electron chi connectivity index (χ4n) is 2.38. The summed E-state index contributed by atoms with van der Waals surface area (Å²) in [5, 5.41) is 8.27. The molecule has 0 saturated heterocycles. The third kappa shape index (κ3) is 4.23. The Hall–Kier alpha value is -2.80. The summed E-state index contributed by atoms with van der Waals surface area (Å²) in [5.41, 5.74) is 2.73. The predicted molar refractivity (Wildman–Crippen MR) is 98.6 cm³/mol. The number of nitrogens with zero attached hydrogens (tertiary/aromatic N) is 2. The summed E-state index contributed by atoms with van der Waals surface area (Å²) < 4.78 is 16.3. The summed E-state index contributed by atoms with van der Waals surface area (Å²) in [6, 6.07) is 13.0. The number of para-hydroxylation sites is 1. The number of aromatic nitrogens is 2. The van der Waals surface area contributed by atoms with E-state index in [1.807, 2.05) is 50.2 Å². The van der Waals surface area contributed by atoms with Crippen LogP contribution in [0.3, 0.4) is 0 Å². The Balaban J connectivity index is 1.62. The number of carbonyl (C=O) groups is 1. The van der Waals surface area contributed by atoms with Gasteiger partial charge >= 0.3 is 5.97 Å². The molecule has 0 spiro atoms. The van der Waals surface area contributed by atoms with Crippen molar-refractivity contribution in [2.75, 3.05) is 12.9 Å². The standard InChI is InChI=1S/C19H18N2O4S/c1-12-8-9-15(13(2)10-12)24-17(22)11-26-19-21-20-18(25-19)14-6-4-5-7-16(14)23-3/h4-10H,11H2,1-3H3. The molecule has 2 aromatic carbocycles. The first-order valence-corrected chi connectivity index (χ1v) is 8.93. The first-order valence-electron chi connectivity index (χ1n) is 7.94. The summed E-state index contributed by atoms with van der Waals surface area (Å²) in [6.45, 7) is 3.89. The molecule has 1 aromatic heterocycles. The van der Waals surface area contributed by atoms with Gasteiger partial charge in [0.1, 0.15) is 17.3 Å². The number of carbonyl (C=O) groups excluding carboxylic acids is 1. The van der Waals surface area contributed by atoms with Gasteiger partial charge in [0.05, 0.1) is 12.7 Å². The maximum Gasteiger partial charge on any atom is 0.321 e. The van der Waals surface area contributed by atoms with Gasteiger partial charge in [-0.05, 0) is 37.6 Å². The van der Waals surface area contributed by atoms with Crippen molar-refractivity contribution in [2.24, 2.45) is 0 Å². The number of benzene rings is 2. The second-order valence-electron chi connectivity index (χ2n) is 5.61. The van der Waals surface area contributed by atoms with Crippen LogP contribution in [-0.2, 0) is 4.79 Å². The Morgan fingerprint density at radius 1 is 1.12 bits per heavy atom. The lowest BCUT2D eigenvalue weighted by Gasteiger charge is -2.07. The number of hydrogen-bond acceptors (Lipinski definition) is 7. The third-order valence-electron chi connectivity index (χ3n) is 3.61. The summed E-state index contributed by atoms with van der Waals surface area (Å²) in [4.78, 5) is 12.0. The summed E-state index contributed by atoms with van der Waals surface area (Å²) in [7, 11) is 1.58. The van der Waals surface area contributed by atoms with Crippen molar-refractivity contribution in [3.63, 3.8) is 0 Å². The second kappa shape index (κ2) is 8.05. The van der Waals surface area contributed by atoms with Crippen molar-refractivity contribution in [2.45, 2.75) is 19.1 Å². The lowest BCUT2D eigenvalue weighted by atomic mass is 10.1. The molecule has 0 saturated carbocycles. The molecule has 0 fully saturated rings. The van der Waals surface area contributed by atoms with Crippen molar-refractivity contribution in [1.29, 1.82) is 0 Å². The molecule has 134 valence electrons. The number of ether oxygens (including phenoxy) is 2. The average Bonchev–Trinajstić information content (AvgIpc) is 3.11. The van der Waals surface area contributed by atoms with Gasteiger partial charge in [-0.1, -0.05) is 41.6 Å². The molecule has 3 aromatic rings. The quantitative estimate of drug-likeness (QED) is 0.368. The minimum Gasteiger partial charge on any atom is -0.496 e. The fraction of sp³-hybridized carbons (Fsp3) is 0.211. The van der Waals surface area contributed by atoms with Gasteiger partial charge in [0.2, 0.25) is 0 Å². The Kier molecular flexibility index (Phi) is 5.58. The zero-order valence-electron chi connectivity index (χ0n) is 14.7. The Labute approximate surface area is 155 Å². The molecule has 0 bridgehead atoms. The van der Waals surface area contributed by atoms with E-state index in [4.69, 9.17) is 13.9 Å². The van der Waals surface area contributed by atoms with E-state index < -0.39 is 0 Å². The lowest BCUT2D eigenvalue weighted by Crippen LogP contribution is -2.11. The number of hydrogen-bond donors (Lipinski definition) is 0. The van der Waals surface area contributed by atoms with Crippen LogP contribution in [0.25, 0.3) is 11.5 Å². The molecule has 0 aliphatic rings. The van der Waals surface area contributed by atoms with E-state index in [0.717, 1.165) is 22.9 Å². The van der Waals surface area contributed by atoms with Crippen LogP contribution in [0.2, 0.25) is 0 Å². The minimum absolute atomic E-state index is 0.0703. The third-order valence-corrected chi connectivity index (χ3v) is 4.40. The molecule has 0 aliphatic heterocycles. The molecule has 0 N–H and O–H groups in total. The largest absolute Gasteiger partial charge is 0.496 e. The molecule has 6 nitrogen and oxygen atoms in total. The van der Waals surface area contributed by atoms with Crippen LogP contribution in [0.15, 0.2) is 52.1 Å². The normalized spacial score (nSPS) is 10.6. The van der Waals surface area contributed by atoms with Gasteiger partial charge in [0, 0.05) is 0 Å². The van der Waals surface area contributed by atoms with Gasteiger partial charge < -0.3 is 13.9 Å². The zero-order chi connectivity index (χ0) is 18.5. The maximum absolute atomic E-state index is 12.0. The number of rotatable bonds is 6. The monoisotopic (exact) mass is 370 g/mol. The molecule has 7 heteroatoms. The molecule has 0 aliphatic carbocycles. The summed E-state index contributed by atoms with van der Waals surface area (Å²) >= 11 is 1.13. The lowest BCUT2D eigenvalue weighted by molar-refractivity contribution is -0.131. The van der Waals surface area contributed by atoms with Gasteiger partial charge in [-0.3, -0.25) is 4.79 Å². The molecule has 0 radical (unpaired) electrons. The highest BCUT2D eigenvalue weighted by atomic mass is 32.2. The van der Waals surface area contributed by atoms with Crippen LogP contribution in [0.4, 0.5) is 0 Å². The number of methoxy groups -OCH3 is 1. The molecule has 0 atom stereocenters. The van der Waals surface area contributed by atoms with Gasteiger partial charge in [-0.15, -0.1) is 10.2 Å². The molecule has 26 heavy (non-hydrogen) atoms. The zero-order valence-corrected chi connectivity index (χ0v) is 15.5. The van der Waals surface area contributed by atoms with Gasteiger partial charge in [0.25, 0.3) is 11.1 Å². The van der Waals surface area contributed by atoms with E-state index in [9.17, 15) is 4.79 Å². The minimum atomic E-state index is -0.376. The summed E-state index contributed by atoms with van der Waals surface area (Å²) in [5.74, 6) is 1.23. The molecule has 3 rings (SSSR count). The van der Waals surface area contributed by atoms with Crippen molar-refractivity contribution >= 4 is 17.7 Å². The molecule has 0 amide bonds. The molecule has 0 unspecified atom stereocenters. The SMILES string of the molecule is COc1ccccc1-c1nnc(SCC(=O)Oc2ccc(C)cc2C)o1. The van der Waals surface area contributed by atoms with Crippen LogP contribution in [0.1, 0.15) is 11.1 Å². The first-order chi connectivity index (χ1) is 12.6. The van der Waals surface area contributed by atoms with Gasteiger partial charge in [-0.25, -0.2) is 0 Å². The van der Waals surface area contributed by atoms with E-state index in [1.54, 1.807) is 13.2 Å². The molecule has 1 heterocycles. The highest BCUT2D eigenvalue weighted by Crippen LogP contribution is 2.30. The average molecular weight is 370 g/mol. The highest BCUT2D eigenvalue weighted by molar-refractivity contribution is 7.99. The van der Waals surface area contributed by atoms with E-state index in [0.29, 0.717) is 28.2 Å². The highest BCUT2D eigenvalue weighted by Gasteiger charge is 2.15. The second-order valence-corrected chi connectivity index (χ2v) is 6.53. The van der Waals surface area contributed by atoms with Crippen molar-refractivity contribution < 1.29 is 18.7 Å². The predicted octanol–water partition coefficient (Wildman–Crippen LogP) is 4.06. The number of esters is 1. The maximum atomic E-state index is 12.0. The van der Waals surface area contributed by atoms with Crippen molar-refractivity contribution in [1.82, 2.24) is 10.2 Å². The van der Waals surface area contributed by atoms with Crippen LogP contribution < -0.4 is 9.47 Å². The number of thioether (sulfide) groups is 1. The van der Waals surface area contributed by atoms with Crippen molar-refractivity contribution in [3.05, 3.63) is 53.6 Å². The Morgan fingerprint density at radius 2 is 1.92 bits per heavy atom.